The van der Waals surface area contributed by atoms with Crippen LogP contribution in [-0.2, 0) is 0 Å². The molecule has 0 aliphatic carbocycles. The first-order valence-electron chi connectivity index (χ1n) is 9.59. The number of aryl methyl sites for hydroxylation is 1. The summed E-state index contributed by atoms with van der Waals surface area (Å²) in [6, 6.07) is 8.96. The van der Waals surface area contributed by atoms with Gasteiger partial charge in [0.25, 0.3) is 0 Å². The third-order valence-electron chi connectivity index (χ3n) is 5.92. The normalized spacial score (nSPS) is 15.6. The van der Waals surface area contributed by atoms with Crippen molar-refractivity contribution >= 4 is 21.9 Å². The topological polar surface area (TPSA) is 65.7 Å². The Bertz CT molecular complexity index is 1120. The van der Waals surface area contributed by atoms with Crippen LogP contribution in [0.1, 0.15) is 29.9 Å². The van der Waals surface area contributed by atoms with Crippen LogP contribution in [-0.4, -0.2) is 35.2 Å². The van der Waals surface area contributed by atoms with Gasteiger partial charge in [-0.15, -0.1) is 0 Å². The maximum atomic E-state index is 5.55. The second-order valence-corrected chi connectivity index (χ2v) is 7.39. The summed E-state index contributed by atoms with van der Waals surface area (Å²) < 4.78 is 5.55. The molecule has 3 aromatic heterocycles. The van der Waals surface area contributed by atoms with Crippen LogP contribution in [0.4, 0.5) is 0 Å². The molecule has 27 heavy (non-hydrogen) atoms. The minimum absolute atomic E-state index is 0.658. The van der Waals surface area contributed by atoms with Crippen molar-refractivity contribution in [2.75, 3.05) is 20.2 Å². The van der Waals surface area contributed by atoms with E-state index in [0.29, 0.717) is 5.92 Å². The molecule has 0 spiro atoms. The van der Waals surface area contributed by atoms with E-state index in [-0.39, 0.29) is 0 Å². The van der Waals surface area contributed by atoms with Crippen molar-refractivity contribution in [3.8, 4) is 17.0 Å². The van der Waals surface area contributed by atoms with Gasteiger partial charge in [0.1, 0.15) is 11.4 Å². The number of hydrogen-bond acceptors (Lipinski definition) is 3. The molecule has 0 unspecified atom stereocenters. The van der Waals surface area contributed by atoms with Crippen LogP contribution in [0.5, 0.6) is 5.75 Å². The monoisotopic (exact) mass is 360 g/mol. The maximum Gasteiger partial charge on any atom is 0.146 e. The Labute approximate surface area is 158 Å². The molecule has 5 nitrogen and oxygen atoms in total. The molecule has 0 radical (unpaired) electrons. The molecule has 0 atom stereocenters. The molecule has 1 aliphatic heterocycles. The number of methoxy groups -OCH3 is 1. The first kappa shape index (κ1) is 16.4. The van der Waals surface area contributed by atoms with Crippen LogP contribution in [0.2, 0.25) is 0 Å². The molecular formula is C22H24N4O. The number of nitrogens with one attached hydrogen (secondary N) is 3. The van der Waals surface area contributed by atoms with Gasteiger partial charge in [-0.1, -0.05) is 6.07 Å². The molecule has 1 saturated heterocycles. The van der Waals surface area contributed by atoms with Crippen molar-refractivity contribution in [1.82, 2.24) is 20.3 Å². The van der Waals surface area contributed by atoms with Crippen molar-refractivity contribution in [3.63, 3.8) is 0 Å². The summed E-state index contributed by atoms with van der Waals surface area (Å²) in [5.41, 5.74) is 7.01. The number of rotatable bonds is 3. The Morgan fingerprint density at radius 1 is 1.15 bits per heavy atom. The van der Waals surface area contributed by atoms with Gasteiger partial charge < -0.3 is 20.0 Å². The smallest absolute Gasteiger partial charge is 0.146 e. The minimum atomic E-state index is 0.658. The molecule has 4 aromatic rings. The molecule has 0 bridgehead atoms. The van der Waals surface area contributed by atoms with Gasteiger partial charge in [0, 0.05) is 28.9 Å². The van der Waals surface area contributed by atoms with E-state index in [1.807, 2.05) is 12.4 Å². The van der Waals surface area contributed by atoms with E-state index in [1.54, 1.807) is 7.11 Å². The summed E-state index contributed by atoms with van der Waals surface area (Å²) in [6.45, 7) is 4.43. The van der Waals surface area contributed by atoms with E-state index < -0.39 is 0 Å². The summed E-state index contributed by atoms with van der Waals surface area (Å²) in [5, 5.41) is 5.78. The Hall–Kier alpha value is -2.79. The lowest BCUT2D eigenvalue weighted by Crippen LogP contribution is -2.26. The van der Waals surface area contributed by atoms with Crippen LogP contribution in [0, 0.1) is 6.92 Å². The van der Waals surface area contributed by atoms with E-state index in [9.17, 15) is 0 Å². The average Bonchev–Trinajstić information content (AvgIpc) is 3.29. The second-order valence-electron chi connectivity index (χ2n) is 7.39. The second kappa shape index (κ2) is 6.43. The SMILES string of the molecule is COc1c[nH]c2nccc(-c3[nH]c4ccc(C5CCNCC5)cc4c3C)c12. The molecular weight excluding hydrogens is 336 g/mol. The van der Waals surface area contributed by atoms with Gasteiger partial charge in [-0.25, -0.2) is 4.98 Å². The number of pyridine rings is 1. The number of benzene rings is 1. The molecule has 5 heteroatoms. The highest BCUT2D eigenvalue weighted by molar-refractivity contribution is 6.01. The number of aromatic nitrogens is 3. The predicted molar refractivity (Wildman–Crippen MR) is 110 cm³/mol. The Morgan fingerprint density at radius 2 is 2.00 bits per heavy atom. The van der Waals surface area contributed by atoms with Crippen LogP contribution in [0.3, 0.4) is 0 Å². The highest BCUT2D eigenvalue weighted by Gasteiger charge is 2.19. The first-order valence-corrected chi connectivity index (χ1v) is 9.59. The fraction of sp³-hybridized carbons (Fsp3) is 0.318. The van der Waals surface area contributed by atoms with E-state index in [0.717, 1.165) is 41.1 Å². The largest absolute Gasteiger partial charge is 0.494 e. The standard InChI is InChI=1S/C22H24N4O/c1-13-17-11-15(14-5-8-23-9-6-14)3-4-18(17)26-21(13)16-7-10-24-22-20(16)19(27-2)12-25-22/h3-4,7,10-12,14,23,26H,5-6,8-9H2,1-2H3,(H,24,25). The van der Waals surface area contributed by atoms with Crippen molar-refractivity contribution in [2.45, 2.75) is 25.7 Å². The number of hydrogen-bond donors (Lipinski definition) is 3. The van der Waals surface area contributed by atoms with Crippen molar-refractivity contribution in [1.29, 1.82) is 0 Å². The summed E-state index contributed by atoms with van der Waals surface area (Å²) >= 11 is 0. The zero-order chi connectivity index (χ0) is 18.4. The van der Waals surface area contributed by atoms with E-state index in [2.05, 4.69) is 51.5 Å². The fourth-order valence-electron chi connectivity index (χ4n) is 4.42. The number of ether oxygens (including phenoxy) is 1. The Morgan fingerprint density at radius 3 is 2.81 bits per heavy atom. The van der Waals surface area contributed by atoms with Crippen LogP contribution < -0.4 is 10.1 Å². The van der Waals surface area contributed by atoms with Gasteiger partial charge in [-0.2, -0.15) is 0 Å². The van der Waals surface area contributed by atoms with Crippen LogP contribution in [0.15, 0.2) is 36.7 Å². The molecule has 4 heterocycles. The maximum absolute atomic E-state index is 5.55. The zero-order valence-corrected chi connectivity index (χ0v) is 15.7. The first-order chi connectivity index (χ1) is 13.3. The predicted octanol–water partition coefficient (Wildman–Crippen LogP) is 4.50. The number of H-pyrrole nitrogens is 2. The number of piperidine rings is 1. The average molecular weight is 360 g/mol. The lowest BCUT2D eigenvalue weighted by atomic mass is 9.89. The highest BCUT2D eigenvalue weighted by atomic mass is 16.5. The Kier molecular flexibility index (Phi) is 3.90. The van der Waals surface area contributed by atoms with Gasteiger partial charge in [-0.3, -0.25) is 0 Å². The zero-order valence-electron chi connectivity index (χ0n) is 15.7. The van der Waals surface area contributed by atoms with Crippen molar-refractivity contribution < 1.29 is 4.74 Å². The number of fused-ring (bicyclic) bond motifs is 2. The lowest BCUT2D eigenvalue weighted by molar-refractivity contribution is 0.420. The quantitative estimate of drug-likeness (QED) is 0.504. The van der Waals surface area contributed by atoms with Gasteiger partial charge in [-0.05, 0) is 68.1 Å². The molecule has 1 aromatic carbocycles. The van der Waals surface area contributed by atoms with Crippen molar-refractivity contribution in [3.05, 3.63) is 47.8 Å². The third kappa shape index (κ3) is 2.61. The summed E-state index contributed by atoms with van der Waals surface area (Å²) in [6.07, 6.45) is 6.15. The van der Waals surface area contributed by atoms with Gasteiger partial charge in [0.05, 0.1) is 18.2 Å². The van der Waals surface area contributed by atoms with Gasteiger partial charge in [0.2, 0.25) is 0 Å². The molecule has 3 N–H and O–H groups in total. The molecule has 0 saturated carbocycles. The van der Waals surface area contributed by atoms with Gasteiger partial charge in [0.15, 0.2) is 0 Å². The minimum Gasteiger partial charge on any atom is -0.494 e. The molecule has 1 fully saturated rings. The van der Waals surface area contributed by atoms with Gasteiger partial charge >= 0.3 is 0 Å². The summed E-state index contributed by atoms with van der Waals surface area (Å²) in [7, 11) is 1.70. The summed E-state index contributed by atoms with van der Waals surface area (Å²) in [4.78, 5) is 11.3. The van der Waals surface area contributed by atoms with Crippen LogP contribution >= 0.6 is 0 Å². The molecule has 138 valence electrons. The lowest BCUT2D eigenvalue weighted by Gasteiger charge is -2.23. The van der Waals surface area contributed by atoms with Crippen molar-refractivity contribution in [2.24, 2.45) is 0 Å². The van der Waals surface area contributed by atoms with E-state index in [4.69, 9.17) is 4.74 Å². The highest BCUT2D eigenvalue weighted by Crippen LogP contribution is 2.38. The number of nitrogens with zero attached hydrogens (tertiary/aromatic N) is 1. The number of aromatic amines is 2. The van der Waals surface area contributed by atoms with Crippen LogP contribution in [0.25, 0.3) is 33.2 Å². The third-order valence-corrected chi connectivity index (χ3v) is 5.92. The fourth-order valence-corrected chi connectivity index (χ4v) is 4.42. The Balaban J connectivity index is 1.66. The van der Waals surface area contributed by atoms with E-state index >= 15 is 0 Å². The molecule has 0 amide bonds. The molecule has 5 rings (SSSR count). The summed E-state index contributed by atoms with van der Waals surface area (Å²) in [5.74, 6) is 1.48. The molecule has 1 aliphatic rings. The van der Waals surface area contributed by atoms with E-state index in [1.165, 1.54) is 34.9 Å².